The summed E-state index contributed by atoms with van der Waals surface area (Å²) in [7, 11) is 1.57. The van der Waals surface area contributed by atoms with Gasteiger partial charge in [0.25, 0.3) is 0 Å². The van der Waals surface area contributed by atoms with E-state index in [9.17, 15) is 9.59 Å². The van der Waals surface area contributed by atoms with Crippen LogP contribution in [-0.4, -0.2) is 35.5 Å². The predicted octanol–water partition coefficient (Wildman–Crippen LogP) is 2.20. The van der Waals surface area contributed by atoms with E-state index in [4.69, 9.17) is 5.11 Å². The lowest BCUT2D eigenvalue weighted by Gasteiger charge is -2.17. The number of halogens is 1. The monoisotopic (exact) mass is 337 g/mol. The molecule has 1 N–H and O–H groups in total. The molecule has 5 heteroatoms. The number of carbonyl (C=O) groups is 2. The summed E-state index contributed by atoms with van der Waals surface area (Å²) in [6.45, 7) is -0.224. The van der Waals surface area contributed by atoms with E-state index in [1.54, 1.807) is 7.05 Å². The van der Waals surface area contributed by atoms with Crippen LogP contribution in [-0.2, 0) is 21.4 Å². The highest BCUT2D eigenvalue weighted by atomic mass is 79.9. The number of hydrogen-bond acceptors (Lipinski definition) is 2. The van der Waals surface area contributed by atoms with Crippen LogP contribution in [0.25, 0.3) is 0 Å². The van der Waals surface area contributed by atoms with E-state index >= 15 is 0 Å². The van der Waals surface area contributed by atoms with Gasteiger partial charge in [-0.25, -0.2) is 0 Å². The Morgan fingerprint density at radius 2 is 2.25 bits per heavy atom. The normalized spacial score (nSPS) is 26.4. The molecule has 4 nitrogen and oxygen atoms in total. The van der Waals surface area contributed by atoms with E-state index in [2.05, 4.69) is 28.1 Å². The van der Waals surface area contributed by atoms with E-state index in [1.165, 1.54) is 16.0 Å². The number of benzene rings is 1. The number of rotatable bonds is 3. The molecule has 2 unspecified atom stereocenters. The van der Waals surface area contributed by atoms with Crippen molar-refractivity contribution in [3.63, 3.8) is 0 Å². The molecular formula is C15H16BrNO3. The lowest BCUT2D eigenvalue weighted by Crippen LogP contribution is -2.34. The van der Waals surface area contributed by atoms with Crippen LogP contribution in [0.1, 0.15) is 24.0 Å². The second-order valence-corrected chi connectivity index (χ2v) is 6.72. The van der Waals surface area contributed by atoms with Crippen LogP contribution in [0, 0.1) is 5.92 Å². The van der Waals surface area contributed by atoms with Crippen LogP contribution in [0.4, 0.5) is 0 Å². The van der Waals surface area contributed by atoms with Crippen molar-refractivity contribution < 1.29 is 14.7 Å². The molecule has 0 aromatic heterocycles. The third-order valence-corrected chi connectivity index (χ3v) is 5.06. The Morgan fingerprint density at radius 3 is 2.95 bits per heavy atom. The maximum Gasteiger partial charge on any atom is 0.323 e. The first-order chi connectivity index (χ1) is 9.44. The van der Waals surface area contributed by atoms with Gasteiger partial charge >= 0.3 is 5.97 Å². The van der Waals surface area contributed by atoms with Crippen molar-refractivity contribution in [2.24, 2.45) is 5.92 Å². The quantitative estimate of drug-likeness (QED) is 0.919. The van der Waals surface area contributed by atoms with Crippen LogP contribution >= 0.6 is 15.9 Å². The van der Waals surface area contributed by atoms with Gasteiger partial charge in [0.05, 0.1) is 0 Å². The van der Waals surface area contributed by atoms with Gasteiger partial charge < -0.3 is 10.0 Å². The summed E-state index contributed by atoms with van der Waals surface area (Å²) in [5, 5.41) is 8.78. The zero-order valence-corrected chi connectivity index (χ0v) is 12.8. The lowest BCUT2D eigenvalue weighted by atomic mass is 9.95. The summed E-state index contributed by atoms with van der Waals surface area (Å²) in [4.78, 5) is 24.4. The molecule has 1 aromatic carbocycles. The van der Waals surface area contributed by atoms with Crippen molar-refractivity contribution in [1.82, 2.24) is 4.90 Å². The molecule has 2 aliphatic carbocycles. The van der Waals surface area contributed by atoms with Crippen LogP contribution in [0.15, 0.2) is 22.7 Å². The molecule has 0 saturated heterocycles. The predicted molar refractivity (Wildman–Crippen MR) is 77.5 cm³/mol. The van der Waals surface area contributed by atoms with Crippen LogP contribution in [0.2, 0.25) is 0 Å². The first-order valence-electron chi connectivity index (χ1n) is 6.70. The molecule has 20 heavy (non-hydrogen) atoms. The standard InChI is InChI=1S/C15H16BrNO3/c1-17(8-13(18)19)14(20)12-7-15(12)5-4-9-6-10(16)2-3-11(9)15/h2-3,6,12H,4-5,7-8H2,1H3,(H,18,19). The van der Waals surface area contributed by atoms with Crippen molar-refractivity contribution >= 4 is 27.8 Å². The Kier molecular flexibility index (Phi) is 3.12. The number of carboxylic acid groups (broad SMARTS) is 1. The van der Waals surface area contributed by atoms with Crippen molar-refractivity contribution in [2.45, 2.75) is 24.7 Å². The van der Waals surface area contributed by atoms with Gasteiger partial charge in [-0.05, 0) is 42.5 Å². The summed E-state index contributed by atoms with van der Waals surface area (Å²) >= 11 is 3.48. The molecule has 0 heterocycles. The molecule has 1 saturated carbocycles. The van der Waals surface area contributed by atoms with Gasteiger partial charge in [0.2, 0.25) is 5.91 Å². The van der Waals surface area contributed by atoms with Crippen LogP contribution in [0.3, 0.4) is 0 Å². The molecule has 3 rings (SSSR count). The zero-order valence-electron chi connectivity index (χ0n) is 11.2. The van der Waals surface area contributed by atoms with Gasteiger partial charge in [-0.2, -0.15) is 0 Å². The molecule has 1 spiro atoms. The molecule has 1 amide bonds. The molecule has 2 aliphatic rings. The van der Waals surface area contributed by atoms with Crippen molar-refractivity contribution in [1.29, 1.82) is 0 Å². The molecule has 1 fully saturated rings. The Morgan fingerprint density at radius 1 is 1.50 bits per heavy atom. The van der Waals surface area contributed by atoms with Crippen molar-refractivity contribution in [2.75, 3.05) is 13.6 Å². The number of amides is 1. The molecule has 2 atom stereocenters. The molecule has 0 radical (unpaired) electrons. The van der Waals surface area contributed by atoms with Crippen LogP contribution < -0.4 is 0 Å². The Hall–Kier alpha value is -1.36. The van der Waals surface area contributed by atoms with Gasteiger partial charge in [0.15, 0.2) is 0 Å². The number of likely N-dealkylation sites (N-methyl/N-ethyl adjacent to an activating group) is 1. The van der Waals surface area contributed by atoms with Crippen molar-refractivity contribution in [3.8, 4) is 0 Å². The van der Waals surface area contributed by atoms with Gasteiger partial charge in [0.1, 0.15) is 6.54 Å². The SMILES string of the molecule is CN(CC(=O)O)C(=O)C1CC12CCc1cc(Br)ccc12. The molecular weight excluding hydrogens is 322 g/mol. The highest BCUT2D eigenvalue weighted by Crippen LogP contribution is 2.62. The number of hydrogen-bond donors (Lipinski definition) is 1. The second kappa shape index (κ2) is 4.58. The van der Waals surface area contributed by atoms with E-state index < -0.39 is 5.97 Å². The van der Waals surface area contributed by atoms with Gasteiger partial charge in [-0.15, -0.1) is 0 Å². The minimum absolute atomic E-state index is 0.0279. The Bertz CT molecular complexity index is 601. The fourth-order valence-electron chi connectivity index (χ4n) is 3.50. The number of aliphatic carboxylic acids is 1. The summed E-state index contributed by atoms with van der Waals surface area (Å²) in [5.41, 5.74) is 2.57. The summed E-state index contributed by atoms with van der Waals surface area (Å²) in [5.74, 6) is -1.05. The number of fused-ring (bicyclic) bond motifs is 2. The first kappa shape index (κ1) is 13.6. The molecule has 1 aromatic rings. The minimum Gasteiger partial charge on any atom is -0.480 e. The summed E-state index contributed by atoms with van der Waals surface area (Å²) in [6.07, 6.45) is 2.85. The van der Waals surface area contributed by atoms with Gasteiger partial charge in [0, 0.05) is 22.9 Å². The molecule has 0 bridgehead atoms. The smallest absolute Gasteiger partial charge is 0.323 e. The summed E-state index contributed by atoms with van der Waals surface area (Å²) in [6, 6.07) is 6.26. The maximum absolute atomic E-state index is 12.3. The zero-order chi connectivity index (χ0) is 14.5. The number of aryl methyl sites for hydroxylation is 1. The number of nitrogens with zero attached hydrogens (tertiary/aromatic N) is 1. The van der Waals surface area contributed by atoms with E-state index in [-0.39, 0.29) is 23.8 Å². The molecule has 0 aliphatic heterocycles. The lowest BCUT2D eigenvalue weighted by molar-refractivity contribution is -0.144. The molecule has 106 valence electrons. The van der Waals surface area contributed by atoms with E-state index in [1.807, 2.05) is 6.07 Å². The highest BCUT2D eigenvalue weighted by Gasteiger charge is 2.61. The Labute approximate surface area is 125 Å². The second-order valence-electron chi connectivity index (χ2n) is 5.80. The third-order valence-electron chi connectivity index (χ3n) is 4.57. The van der Waals surface area contributed by atoms with E-state index in [0.717, 1.165) is 23.7 Å². The van der Waals surface area contributed by atoms with E-state index in [0.29, 0.717) is 0 Å². The fraction of sp³-hybridized carbons (Fsp3) is 0.467. The third kappa shape index (κ3) is 2.04. The minimum atomic E-state index is -0.966. The van der Waals surface area contributed by atoms with Crippen molar-refractivity contribution in [3.05, 3.63) is 33.8 Å². The van der Waals surface area contributed by atoms with Gasteiger partial charge in [-0.3, -0.25) is 9.59 Å². The van der Waals surface area contributed by atoms with Gasteiger partial charge in [-0.1, -0.05) is 22.0 Å². The first-order valence-corrected chi connectivity index (χ1v) is 7.49. The number of carbonyl (C=O) groups excluding carboxylic acids is 1. The topological polar surface area (TPSA) is 57.6 Å². The van der Waals surface area contributed by atoms with Crippen LogP contribution in [0.5, 0.6) is 0 Å². The summed E-state index contributed by atoms with van der Waals surface area (Å²) < 4.78 is 1.07. The number of carboxylic acids is 1. The highest BCUT2D eigenvalue weighted by molar-refractivity contribution is 9.10. The average Bonchev–Trinajstić information content (AvgIpc) is 2.99. The fourth-order valence-corrected chi connectivity index (χ4v) is 3.91. The maximum atomic E-state index is 12.3. The Balaban J connectivity index is 1.80. The largest absolute Gasteiger partial charge is 0.480 e. The average molecular weight is 338 g/mol.